The summed E-state index contributed by atoms with van der Waals surface area (Å²) >= 11 is 1.53. The number of aromatic amines is 1. The van der Waals surface area contributed by atoms with Crippen LogP contribution in [0.1, 0.15) is 25.3 Å². The summed E-state index contributed by atoms with van der Waals surface area (Å²) in [6, 6.07) is 17.0. The lowest BCUT2D eigenvalue weighted by Gasteiger charge is -2.26. The van der Waals surface area contributed by atoms with Gasteiger partial charge in [0.1, 0.15) is 11.5 Å². The summed E-state index contributed by atoms with van der Waals surface area (Å²) in [6.45, 7) is 2.55. The van der Waals surface area contributed by atoms with Gasteiger partial charge in [-0.3, -0.25) is 19.1 Å². The topological polar surface area (TPSA) is 113 Å². The number of nitrogens with zero attached hydrogens (tertiary/aromatic N) is 2. The summed E-state index contributed by atoms with van der Waals surface area (Å²) in [4.78, 5) is 43.1. The molecule has 4 N–H and O–H groups in total. The monoisotopic (exact) mass is 467 g/mol. The van der Waals surface area contributed by atoms with Gasteiger partial charge in [-0.15, -0.1) is 11.8 Å². The molecule has 0 aliphatic rings. The Morgan fingerprint density at radius 2 is 1.82 bits per heavy atom. The molecule has 33 heavy (non-hydrogen) atoms. The molecule has 1 amide bonds. The molecule has 0 radical (unpaired) electrons. The molecule has 3 rings (SSSR count). The lowest BCUT2D eigenvalue weighted by Crippen LogP contribution is -2.41. The second-order valence-corrected chi connectivity index (χ2v) is 8.44. The van der Waals surface area contributed by atoms with Crippen molar-refractivity contribution >= 4 is 34.9 Å². The molecular weight excluding hydrogens is 438 g/mol. The third-order valence-corrected chi connectivity index (χ3v) is 5.99. The Labute approximate surface area is 196 Å². The molecule has 0 bridgehead atoms. The number of rotatable bonds is 10. The number of amides is 1. The third-order valence-electron chi connectivity index (χ3n) is 5.20. The number of nitrogen functional groups attached to an aromatic ring is 1. The van der Waals surface area contributed by atoms with Crippen molar-refractivity contribution in [1.29, 1.82) is 0 Å². The van der Waals surface area contributed by atoms with Crippen molar-refractivity contribution in [1.82, 2.24) is 9.55 Å². The van der Waals surface area contributed by atoms with E-state index in [9.17, 15) is 14.4 Å². The fraction of sp³-hybridized carbons (Fsp3) is 0.292. The summed E-state index contributed by atoms with van der Waals surface area (Å²) in [6.07, 6.45) is 3.54. The van der Waals surface area contributed by atoms with E-state index >= 15 is 0 Å². The molecule has 0 saturated carbocycles. The molecule has 0 aliphatic carbocycles. The molecule has 174 valence electrons. The first-order valence-corrected chi connectivity index (χ1v) is 12.0. The van der Waals surface area contributed by atoms with Crippen molar-refractivity contribution < 1.29 is 4.79 Å². The Kier molecular flexibility index (Phi) is 8.37. The maximum absolute atomic E-state index is 13.0. The fourth-order valence-corrected chi connectivity index (χ4v) is 4.10. The van der Waals surface area contributed by atoms with E-state index in [1.54, 1.807) is 4.90 Å². The summed E-state index contributed by atoms with van der Waals surface area (Å²) in [5.41, 5.74) is 6.87. The highest BCUT2D eigenvalue weighted by Gasteiger charge is 2.22. The second kappa shape index (κ2) is 11.4. The van der Waals surface area contributed by atoms with Crippen LogP contribution >= 0.6 is 11.8 Å². The number of nitrogens with two attached hydrogens (primary N) is 1. The second-order valence-electron chi connectivity index (χ2n) is 7.59. The van der Waals surface area contributed by atoms with Gasteiger partial charge in [0.2, 0.25) is 5.91 Å². The number of nitrogens with one attached hydrogen (secondary N) is 2. The van der Waals surface area contributed by atoms with Crippen LogP contribution in [-0.2, 0) is 17.9 Å². The largest absolute Gasteiger partial charge is 0.383 e. The summed E-state index contributed by atoms with van der Waals surface area (Å²) in [5, 5.41) is 2.92. The number of benzene rings is 2. The first kappa shape index (κ1) is 24.2. The lowest BCUT2D eigenvalue weighted by atomic mass is 10.2. The number of para-hydroxylation sites is 1. The van der Waals surface area contributed by atoms with Crippen LogP contribution in [0.5, 0.6) is 0 Å². The van der Waals surface area contributed by atoms with Crippen LogP contribution in [0.15, 0.2) is 69.1 Å². The number of H-pyrrole nitrogens is 1. The zero-order chi connectivity index (χ0) is 23.8. The normalized spacial score (nSPS) is 10.7. The smallest absolute Gasteiger partial charge is 0.330 e. The number of hydrogen-bond acceptors (Lipinski definition) is 6. The molecule has 9 heteroatoms. The summed E-state index contributed by atoms with van der Waals surface area (Å²) < 4.78 is 1.36. The minimum absolute atomic E-state index is 0.0606. The van der Waals surface area contributed by atoms with Gasteiger partial charge in [-0.05, 0) is 30.4 Å². The van der Waals surface area contributed by atoms with Crippen molar-refractivity contribution in [3.05, 3.63) is 81.0 Å². The molecular formula is C24H29N5O3S. The van der Waals surface area contributed by atoms with Gasteiger partial charge < -0.3 is 16.0 Å². The van der Waals surface area contributed by atoms with Crippen LogP contribution in [0.4, 0.5) is 17.2 Å². The average molecular weight is 468 g/mol. The lowest BCUT2D eigenvalue weighted by molar-refractivity contribution is -0.115. The molecule has 0 aliphatic heterocycles. The summed E-state index contributed by atoms with van der Waals surface area (Å²) in [7, 11) is 0. The van der Waals surface area contributed by atoms with E-state index in [1.165, 1.54) is 16.3 Å². The van der Waals surface area contributed by atoms with E-state index in [-0.39, 0.29) is 30.5 Å². The minimum atomic E-state index is -0.613. The van der Waals surface area contributed by atoms with E-state index in [4.69, 9.17) is 5.73 Å². The van der Waals surface area contributed by atoms with E-state index in [1.807, 2.05) is 67.8 Å². The zero-order valence-electron chi connectivity index (χ0n) is 18.8. The van der Waals surface area contributed by atoms with E-state index in [0.29, 0.717) is 12.2 Å². The van der Waals surface area contributed by atoms with E-state index in [0.717, 1.165) is 23.3 Å². The van der Waals surface area contributed by atoms with Crippen LogP contribution < -0.4 is 27.2 Å². The Balaban J connectivity index is 1.97. The quantitative estimate of drug-likeness (QED) is 0.395. The molecule has 0 atom stereocenters. The van der Waals surface area contributed by atoms with Crippen molar-refractivity contribution in [2.24, 2.45) is 0 Å². The molecule has 2 aromatic carbocycles. The van der Waals surface area contributed by atoms with Crippen LogP contribution in [0.3, 0.4) is 0 Å². The number of carbonyl (C=O) groups excluding carboxylic acids is 1. The molecule has 0 unspecified atom stereocenters. The molecule has 1 aromatic heterocycles. The molecule has 3 aromatic rings. The van der Waals surface area contributed by atoms with Gasteiger partial charge in [0.05, 0.1) is 12.2 Å². The Morgan fingerprint density at radius 3 is 2.52 bits per heavy atom. The Hall–Kier alpha value is -3.46. The summed E-state index contributed by atoms with van der Waals surface area (Å²) in [5.74, 6) is -0.233. The first-order chi connectivity index (χ1) is 15.9. The van der Waals surface area contributed by atoms with Gasteiger partial charge in [-0.2, -0.15) is 0 Å². The van der Waals surface area contributed by atoms with Gasteiger partial charge in [-0.25, -0.2) is 4.79 Å². The maximum atomic E-state index is 13.0. The Bertz CT molecular complexity index is 1210. The predicted molar refractivity (Wildman–Crippen MR) is 135 cm³/mol. The van der Waals surface area contributed by atoms with Gasteiger partial charge in [0.25, 0.3) is 5.56 Å². The molecule has 1 heterocycles. The van der Waals surface area contributed by atoms with Gasteiger partial charge in [0, 0.05) is 18.0 Å². The van der Waals surface area contributed by atoms with Crippen molar-refractivity contribution in [2.75, 3.05) is 28.8 Å². The molecule has 0 saturated heterocycles. The fourth-order valence-electron chi connectivity index (χ4n) is 3.55. The highest BCUT2D eigenvalue weighted by atomic mass is 32.2. The first-order valence-electron chi connectivity index (χ1n) is 10.8. The van der Waals surface area contributed by atoms with Crippen molar-refractivity contribution in [3.63, 3.8) is 0 Å². The van der Waals surface area contributed by atoms with Gasteiger partial charge >= 0.3 is 5.69 Å². The number of aromatic nitrogens is 2. The Morgan fingerprint density at radius 1 is 1.12 bits per heavy atom. The van der Waals surface area contributed by atoms with Crippen LogP contribution in [0, 0.1) is 0 Å². The van der Waals surface area contributed by atoms with Crippen LogP contribution in [0.2, 0.25) is 0 Å². The number of hydrogen-bond donors (Lipinski definition) is 3. The predicted octanol–water partition coefficient (Wildman–Crippen LogP) is 3.29. The number of anilines is 3. The molecule has 8 nitrogen and oxygen atoms in total. The standard InChI is InChI=1S/C24H29N5O3S/c1-3-4-14-29-22(25)21(23(31)27-24(29)32)28(15-17-10-6-5-7-11-17)16-20(30)26-18-12-8-9-13-19(18)33-2/h5-13H,3-4,14-16,25H2,1-2H3,(H,26,30)(H,27,31,32). The van der Waals surface area contributed by atoms with E-state index < -0.39 is 11.2 Å². The van der Waals surface area contributed by atoms with Gasteiger partial charge in [0.15, 0.2) is 0 Å². The minimum Gasteiger partial charge on any atom is -0.383 e. The van der Waals surface area contributed by atoms with Crippen LogP contribution in [0.25, 0.3) is 0 Å². The highest BCUT2D eigenvalue weighted by molar-refractivity contribution is 7.98. The maximum Gasteiger partial charge on any atom is 0.330 e. The van der Waals surface area contributed by atoms with Crippen molar-refractivity contribution in [3.8, 4) is 0 Å². The highest BCUT2D eigenvalue weighted by Crippen LogP contribution is 2.25. The molecule has 0 spiro atoms. The number of unbranched alkanes of at least 4 members (excludes halogenated alkanes) is 1. The third kappa shape index (κ3) is 6.07. The average Bonchev–Trinajstić information content (AvgIpc) is 2.79. The van der Waals surface area contributed by atoms with Gasteiger partial charge in [-0.1, -0.05) is 55.8 Å². The van der Waals surface area contributed by atoms with E-state index in [2.05, 4.69) is 10.3 Å². The van der Waals surface area contributed by atoms with Crippen LogP contribution in [-0.4, -0.2) is 28.3 Å². The number of thioether (sulfide) groups is 1. The zero-order valence-corrected chi connectivity index (χ0v) is 19.7. The number of carbonyl (C=O) groups is 1. The van der Waals surface area contributed by atoms with Crippen molar-refractivity contribution in [2.45, 2.75) is 37.8 Å². The molecule has 0 fully saturated rings. The SMILES string of the molecule is CCCCn1c(N)c(N(CC(=O)Nc2ccccc2SC)Cc2ccccc2)c(=O)[nH]c1=O.